The molecular weight excluding hydrogens is 641 g/mol. The van der Waals surface area contributed by atoms with Crippen LogP contribution in [0.5, 0.6) is 0 Å². The van der Waals surface area contributed by atoms with Gasteiger partial charge in [0.25, 0.3) is 0 Å². The van der Waals surface area contributed by atoms with Crippen LogP contribution in [0.25, 0.3) is 0 Å². The molecule has 2 aliphatic heterocycles. The number of nitrogens with one attached hydrogen (secondary N) is 3. The SMILES string of the molecule is CC(CC1(C)NC(C)(C)C1C)N(CCCCCCN(c1nc(NC(C)(C)CC(C)(C)C)nc(C(C)(C)C)n1)C1CC(C)(C)NC(C)(C)C1)C(C)(C)C. The minimum atomic E-state index is -0.197. The third-order valence-corrected chi connectivity index (χ3v) is 11.9. The molecule has 2 aliphatic rings. The molecule has 8 heteroatoms. The molecule has 0 radical (unpaired) electrons. The van der Waals surface area contributed by atoms with Gasteiger partial charge in [0.1, 0.15) is 5.82 Å². The molecule has 0 saturated carbocycles. The van der Waals surface area contributed by atoms with Gasteiger partial charge in [0.15, 0.2) is 0 Å². The lowest BCUT2D eigenvalue weighted by Gasteiger charge is -2.61. The Morgan fingerprint density at radius 3 is 1.75 bits per heavy atom. The number of anilines is 2. The van der Waals surface area contributed by atoms with Gasteiger partial charge in [-0.1, -0.05) is 61.3 Å². The predicted octanol–water partition coefficient (Wildman–Crippen LogP) is 10.1. The fourth-order valence-electron chi connectivity index (χ4n) is 10.2. The van der Waals surface area contributed by atoms with Gasteiger partial charge >= 0.3 is 0 Å². The molecule has 3 rings (SSSR count). The topological polar surface area (TPSA) is 81.2 Å². The van der Waals surface area contributed by atoms with E-state index in [-0.39, 0.29) is 44.1 Å². The Hall–Kier alpha value is -1.51. The van der Waals surface area contributed by atoms with Crippen LogP contribution in [0.4, 0.5) is 11.9 Å². The van der Waals surface area contributed by atoms with E-state index < -0.39 is 0 Å². The first kappa shape index (κ1) is 44.9. The van der Waals surface area contributed by atoms with Gasteiger partial charge in [-0.25, -0.2) is 0 Å². The molecule has 0 aromatic carbocycles. The van der Waals surface area contributed by atoms with Crippen molar-refractivity contribution in [2.45, 2.75) is 241 Å². The maximum atomic E-state index is 5.25. The van der Waals surface area contributed by atoms with Crippen molar-refractivity contribution in [2.75, 3.05) is 23.3 Å². The number of hydrogen-bond acceptors (Lipinski definition) is 8. The monoisotopic (exact) mass is 727 g/mol. The highest BCUT2D eigenvalue weighted by Crippen LogP contribution is 2.43. The summed E-state index contributed by atoms with van der Waals surface area (Å²) in [4.78, 5) is 20.8. The molecule has 3 heterocycles. The Balaban J connectivity index is 1.80. The van der Waals surface area contributed by atoms with Crippen molar-refractivity contribution >= 4 is 11.9 Å². The van der Waals surface area contributed by atoms with Gasteiger partial charge in [0.05, 0.1) is 0 Å². The first-order valence-electron chi connectivity index (χ1n) is 20.9. The smallest absolute Gasteiger partial charge is 0.230 e. The van der Waals surface area contributed by atoms with Crippen LogP contribution in [0, 0.1) is 11.3 Å². The first-order valence-corrected chi connectivity index (χ1v) is 20.9. The highest BCUT2D eigenvalue weighted by molar-refractivity contribution is 5.41. The maximum absolute atomic E-state index is 5.25. The van der Waals surface area contributed by atoms with E-state index >= 15 is 0 Å². The second kappa shape index (κ2) is 15.6. The highest BCUT2D eigenvalue weighted by atomic mass is 15.3. The Morgan fingerprint density at radius 1 is 0.750 bits per heavy atom. The summed E-state index contributed by atoms with van der Waals surface area (Å²) in [6.07, 6.45) is 9.06. The van der Waals surface area contributed by atoms with Crippen LogP contribution in [0.3, 0.4) is 0 Å². The van der Waals surface area contributed by atoms with Crippen LogP contribution in [-0.2, 0) is 5.41 Å². The Labute approximate surface area is 322 Å². The van der Waals surface area contributed by atoms with Gasteiger partial charge < -0.3 is 20.9 Å². The van der Waals surface area contributed by atoms with E-state index in [9.17, 15) is 0 Å². The largest absolute Gasteiger partial charge is 0.349 e. The van der Waals surface area contributed by atoms with Gasteiger partial charge in [0, 0.05) is 57.3 Å². The van der Waals surface area contributed by atoms with Crippen molar-refractivity contribution < 1.29 is 0 Å². The normalized spacial score (nSPS) is 24.4. The summed E-state index contributed by atoms with van der Waals surface area (Å²) < 4.78 is 0. The molecule has 3 unspecified atom stereocenters. The first-order chi connectivity index (χ1) is 23.2. The van der Waals surface area contributed by atoms with Crippen LogP contribution in [0.1, 0.15) is 196 Å². The fraction of sp³-hybridized carbons (Fsp3) is 0.932. The highest BCUT2D eigenvalue weighted by Gasteiger charge is 2.53. The van der Waals surface area contributed by atoms with E-state index in [0.717, 1.165) is 50.5 Å². The van der Waals surface area contributed by atoms with Crippen LogP contribution in [0.2, 0.25) is 0 Å². The van der Waals surface area contributed by atoms with E-state index in [1.165, 1.54) is 25.7 Å². The Bertz CT molecular complexity index is 1290. The molecule has 0 bridgehead atoms. The van der Waals surface area contributed by atoms with Crippen molar-refractivity contribution in [3.05, 3.63) is 5.82 Å². The molecule has 0 spiro atoms. The van der Waals surface area contributed by atoms with Crippen molar-refractivity contribution in [1.29, 1.82) is 0 Å². The van der Waals surface area contributed by atoms with Crippen LogP contribution < -0.4 is 20.9 Å². The molecule has 52 heavy (non-hydrogen) atoms. The van der Waals surface area contributed by atoms with E-state index in [2.05, 4.69) is 164 Å². The van der Waals surface area contributed by atoms with Crippen LogP contribution in [-0.4, -0.2) is 78.3 Å². The van der Waals surface area contributed by atoms with Crippen LogP contribution >= 0.6 is 0 Å². The fourth-order valence-corrected chi connectivity index (χ4v) is 10.2. The predicted molar refractivity (Wildman–Crippen MR) is 226 cm³/mol. The minimum absolute atomic E-state index is 0.0209. The molecule has 302 valence electrons. The second-order valence-electron chi connectivity index (χ2n) is 23.2. The zero-order valence-electron chi connectivity index (χ0n) is 38.0. The van der Waals surface area contributed by atoms with E-state index in [0.29, 0.717) is 23.9 Å². The molecule has 1 aromatic rings. The summed E-state index contributed by atoms with van der Waals surface area (Å²) in [6.45, 7) is 48.7. The zero-order chi connectivity index (χ0) is 39.9. The van der Waals surface area contributed by atoms with Gasteiger partial charge in [-0.3, -0.25) is 4.90 Å². The van der Waals surface area contributed by atoms with Crippen molar-refractivity contribution in [2.24, 2.45) is 11.3 Å². The number of hydrogen-bond donors (Lipinski definition) is 3. The van der Waals surface area contributed by atoms with Gasteiger partial charge in [-0.2, -0.15) is 15.0 Å². The third kappa shape index (κ3) is 12.5. The zero-order valence-corrected chi connectivity index (χ0v) is 38.0. The lowest BCUT2D eigenvalue weighted by atomic mass is 9.63. The Kier molecular flexibility index (Phi) is 13.4. The molecule has 1 aromatic heterocycles. The summed E-state index contributed by atoms with van der Waals surface area (Å²) in [5, 5.41) is 11.6. The summed E-state index contributed by atoms with van der Waals surface area (Å²) in [5.41, 5.74) is 0.437. The summed E-state index contributed by atoms with van der Waals surface area (Å²) in [6, 6.07) is 0.859. The van der Waals surface area contributed by atoms with Crippen molar-refractivity contribution in [3.8, 4) is 0 Å². The quantitative estimate of drug-likeness (QED) is 0.154. The number of unbranched alkanes of at least 4 members (excludes halogenated alkanes) is 3. The minimum Gasteiger partial charge on any atom is -0.349 e. The van der Waals surface area contributed by atoms with Gasteiger partial charge in [-0.15, -0.1) is 0 Å². The van der Waals surface area contributed by atoms with E-state index in [4.69, 9.17) is 15.0 Å². The second-order valence-corrected chi connectivity index (χ2v) is 23.2. The van der Waals surface area contributed by atoms with Crippen LogP contribution in [0.15, 0.2) is 0 Å². The molecule has 8 nitrogen and oxygen atoms in total. The van der Waals surface area contributed by atoms with E-state index in [1.807, 2.05) is 0 Å². The molecule has 2 fully saturated rings. The number of aromatic nitrogens is 3. The molecule has 3 N–H and O–H groups in total. The Morgan fingerprint density at radius 2 is 1.29 bits per heavy atom. The molecule has 0 amide bonds. The van der Waals surface area contributed by atoms with Crippen molar-refractivity contribution in [1.82, 2.24) is 30.5 Å². The summed E-state index contributed by atoms with van der Waals surface area (Å²) >= 11 is 0. The molecule has 0 aliphatic carbocycles. The molecular formula is C44H86N8. The molecule has 2 saturated heterocycles. The maximum Gasteiger partial charge on any atom is 0.230 e. The third-order valence-electron chi connectivity index (χ3n) is 11.9. The lowest BCUT2D eigenvalue weighted by molar-refractivity contribution is -0.0341. The average molecular weight is 727 g/mol. The van der Waals surface area contributed by atoms with E-state index in [1.54, 1.807) is 0 Å². The lowest BCUT2D eigenvalue weighted by Crippen LogP contribution is -2.75. The average Bonchev–Trinajstić information content (AvgIpc) is 2.89. The summed E-state index contributed by atoms with van der Waals surface area (Å²) in [7, 11) is 0. The van der Waals surface area contributed by atoms with Crippen molar-refractivity contribution in [3.63, 3.8) is 0 Å². The summed E-state index contributed by atoms with van der Waals surface area (Å²) in [5.74, 6) is 3.04. The standard InChI is InChI=1S/C44H86N8/c1-31(27-44(20)32(2)43(18,19)50-44)52(39(9,10)11)26-24-22-21-23-25-51(33-28-40(12,13)49-41(14,15)29-33)36-46-34(38(6,7)8)45-35(47-36)48-42(16,17)30-37(3,4)5/h31-33,49-50H,21-30H2,1-20H3,(H,45,46,47,48). The number of rotatable bonds is 15. The van der Waals surface area contributed by atoms with Gasteiger partial charge in [-0.05, 0) is 146 Å². The number of nitrogens with zero attached hydrogens (tertiary/aromatic N) is 5. The number of piperidine rings is 1. The van der Waals surface area contributed by atoms with Gasteiger partial charge in [0.2, 0.25) is 11.9 Å². The molecule has 3 atom stereocenters.